The van der Waals surface area contributed by atoms with Gasteiger partial charge in [-0.3, -0.25) is 4.79 Å². The Morgan fingerprint density at radius 2 is 2.00 bits per heavy atom. The third-order valence-corrected chi connectivity index (χ3v) is 3.03. The molecule has 1 unspecified atom stereocenters. The van der Waals surface area contributed by atoms with Gasteiger partial charge in [0, 0.05) is 0 Å². The van der Waals surface area contributed by atoms with Gasteiger partial charge in [0.2, 0.25) is 0 Å². The van der Waals surface area contributed by atoms with Gasteiger partial charge in [-0.05, 0) is 6.42 Å². The van der Waals surface area contributed by atoms with Crippen LogP contribution < -0.4 is 0 Å². The van der Waals surface area contributed by atoms with Crippen LogP contribution in [-0.4, -0.2) is 36.7 Å². The highest BCUT2D eigenvalue weighted by Crippen LogP contribution is 2.27. The molecule has 5 nitrogen and oxygen atoms in total. The second-order valence-electron chi connectivity index (χ2n) is 2.72. The molecule has 0 aromatic rings. The minimum atomic E-state index is -5.77. The van der Waals surface area contributed by atoms with Crippen molar-refractivity contribution in [3.63, 3.8) is 0 Å². The third kappa shape index (κ3) is 2.55. The van der Waals surface area contributed by atoms with Gasteiger partial charge in [-0.2, -0.15) is 34.2 Å². The Bertz CT molecular complexity index is 365. The number of carbonyl (C=O) groups is 1. The fourth-order valence-electron chi connectivity index (χ4n) is 0.874. The lowest BCUT2D eigenvalue weighted by Gasteiger charge is -2.15. The number of amides is 1. The van der Waals surface area contributed by atoms with Crippen molar-refractivity contribution < 1.29 is 30.7 Å². The van der Waals surface area contributed by atoms with Crippen molar-refractivity contribution in [1.29, 1.82) is 0 Å². The molecular weight excluding hydrogens is 259 g/mol. The van der Waals surface area contributed by atoms with Crippen LogP contribution in [0.1, 0.15) is 6.42 Å². The molecule has 1 aliphatic heterocycles. The van der Waals surface area contributed by atoms with Crippen molar-refractivity contribution in [1.82, 2.24) is 5.06 Å². The molecule has 1 aliphatic rings. The summed E-state index contributed by atoms with van der Waals surface area (Å²) in [5, 5.41) is -0.672. The van der Waals surface area contributed by atoms with Crippen molar-refractivity contribution in [2.75, 3.05) is 6.54 Å². The Hall–Kier alpha value is -0.480. The molecule has 15 heavy (non-hydrogen) atoms. The van der Waals surface area contributed by atoms with Gasteiger partial charge in [0.15, 0.2) is 0 Å². The molecule has 1 heterocycles. The summed E-state index contributed by atoms with van der Waals surface area (Å²) in [6.45, 7) is -0.234. The molecule has 10 heteroatoms. The van der Waals surface area contributed by atoms with E-state index in [1.54, 1.807) is 0 Å². The fraction of sp³-hybridized carbons (Fsp3) is 0.800. The zero-order valence-electron chi connectivity index (χ0n) is 7.06. The van der Waals surface area contributed by atoms with Crippen LogP contribution in [0.2, 0.25) is 0 Å². The van der Waals surface area contributed by atoms with Crippen LogP contribution in [-0.2, 0) is 19.2 Å². The summed E-state index contributed by atoms with van der Waals surface area (Å²) in [7, 11) is -5.77. The number of nitrogens with zero attached hydrogens (tertiary/aromatic N) is 1. The van der Waals surface area contributed by atoms with Gasteiger partial charge >= 0.3 is 15.6 Å². The second kappa shape index (κ2) is 3.83. The third-order valence-electron chi connectivity index (χ3n) is 1.61. The van der Waals surface area contributed by atoms with Crippen molar-refractivity contribution >= 4 is 28.7 Å². The molecule has 1 rings (SSSR count). The minimum absolute atomic E-state index is 0.134. The highest BCUT2D eigenvalue weighted by Gasteiger charge is 2.50. The van der Waals surface area contributed by atoms with Crippen LogP contribution >= 0.6 is 12.6 Å². The smallest absolute Gasteiger partial charge is 0.271 e. The van der Waals surface area contributed by atoms with Gasteiger partial charge in [-0.1, -0.05) is 0 Å². The van der Waals surface area contributed by atoms with E-state index in [1.807, 2.05) is 0 Å². The molecule has 0 spiro atoms. The molecule has 1 atom stereocenters. The van der Waals surface area contributed by atoms with Gasteiger partial charge in [0.1, 0.15) is 0 Å². The predicted molar refractivity (Wildman–Crippen MR) is 45.2 cm³/mol. The maximum absolute atomic E-state index is 11.8. The quantitative estimate of drug-likeness (QED) is 0.576. The van der Waals surface area contributed by atoms with E-state index in [4.69, 9.17) is 0 Å². The van der Waals surface area contributed by atoms with Gasteiger partial charge in [0.05, 0.1) is 11.8 Å². The molecular formula is C5H6F3NO4S2. The number of hydroxylamine groups is 2. The van der Waals surface area contributed by atoms with Crippen LogP contribution in [0.3, 0.4) is 0 Å². The lowest BCUT2D eigenvalue weighted by Crippen LogP contribution is -2.36. The van der Waals surface area contributed by atoms with E-state index in [1.165, 1.54) is 0 Å². The van der Waals surface area contributed by atoms with Crippen molar-refractivity contribution in [3.05, 3.63) is 0 Å². The molecule has 1 fully saturated rings. The first-order valence-corrected chi connectivity index (χ1v) is 5.58. The summed E-state index contributed by atoms with van der Waals surface area (Å²) in [4.78, 5) is 11.0. The number of thiol groups is 1. The first-order valence-electron chi connectivity index (χ1n) is 3.65. The minimum Gasteiger partial charge on any atom is -0.271 e. The van der Waals surface area contributed by atoms with Crippen LogP contribution in [0, 0.1) is 0 Å². The van der Waals surface area contributed by atoms with Crippen LogP contribution in [0.4, 0.5) is 13.2 Å². The summed E-state index contributed by atoms with van der Waals surface area (Å²) in [6, 6.07) is 0. The molecule has 1 amide bonds. The van der Waals surface area contributed by atoms with Gasteiger partial charge in [0.25, 0.3) is 5.91 Å². The largest absolute Gasteiger partial charge is 0.525 e. The standard InChI is InChI=1S/C5H6F3NO4S2/c6-5(7,8)15(11,12)13-9-2-1-3(14)4(9)10/h3,14H,1-2H2. The Morgan fingerprint density at radius 1 is 1.47 bits per heavy atom. The van der Waals surface area contributed by atoms with Gasteiger partial charge in [-0.25, -0.2) is 5.06 Å². The van der Waals surface area contributed by atoms with E-state index in [2.05, 4.69) is 16.9 Å². The monoisotopic (exact) mass is 265 g/mol. The molecule has 0 bridgehead atoms. The normalized spacial score (nSPS) is 23.6. The lowest BCUT2D eigenvalue weighted by molar-refractivity contribution is -0.152. The first-order chi connectivity index (χ1) is 6.65. The maximum atomic E-state index is 11.8. The van der Waals surface area contributed by atoms with E-state index in [9.17, 15) is 26.4 Å². The number of hydrogen-bond donors (Lipinski definition) is 1. The van der Waals surface area contributed by atoms with Crippen molar-refractivity contribution in [2.24, 2.45) is 0 Å². The van der Waals surface area contributed by atoms with Gasteiger partial charge in [-0.15, -0.1) is 4.28 Å². The second-order valence-corrected chi connectivity index (χ2v) is 4.86. The number of halogens is 3. The Kier molecular flexibility index (Phi) is 3.22. The highest BCUT2D eigenvalue weighted by atomic mass is 32.2. The predicted octanol–water partition coefficient (Wildman–Crippen LogP) is 0.298. The van der Waals surface area contributed by atoms with Crippen LogP contribution in [0.5, 0.6) is 0 Å². The molecule has 0 N–H and O–H groups in total. The number of alkyl halides is 3. The van der Waals surface area contributed by atoms with E-state index in [0.29, 0.717) is 0 Å². The maximum Gasteiger partial charge on any atom is 0.525 e. The number of carbonyl (C=O) groups excluding carboxylic acids is 1. The zero-order chi connectivity index (χ0) is 11.9. The van der Waals surface area contributed by atoms with E-state index >= 15 is 0 Å². The molecule has 0 aromatic heterocycles. The Labute approximate surface area is 88.7 Å². The Morgan fingerprint density at radius 3 is 2.33 bits per heavy atom. The average Bonchev–Trinajstić information content (AvgIpc) is 2.33. The zero-order valence-corrected chi connectivity index (χ0v) is 8.77. The molecule has 0 aliphatic carbocycles. The topological polar surface area (TPSA) is 63.7 Å². The molecule has 0 saturated carbocycles. The van der Waals surface area contributed by atoms with E-state index in [0.717, 1.165) is 0 Å². The SMILES string of the molecule is O=C1C(S)CCN1OS(=O)(=O)C(F)(F)F. The molecule has 0 aromatic carbocycles. The number of hydrogen-bond acceptors (Lipinski definition) is 5. The average molecular weight is 265 g/mol. The van der Waals surface area contributed by atoms with Crippen molar-refractivity contribution in [3.8, 4) is 0 Å². The van der Waals surface area contributed by atoms with E-state index in [-0.39, 0.29) is 18.0 Å². The molecule has 0 radical (unpaired) electrons. The summed E-state index contributed by atoms with van der Waals surface area (Å²) in [6.07, 6.45) is 0.134. The first kappa shape index (κ1) is 12.6. The summed E-state index contributed by atoms with van der Waals surface area (Å²) < 4.78 is 60.1. The summed E-state index contributed by atoms with van der Waals surface area (Å²) in [5.41, 5.74) is -5.54. The van der Waals surface area contributed by atoms with Gasteiger partial charge < -0.3 is 0 Å². The number of rotatable bonds is 2. The summed E-state index contributed by atoms with van der Waals surface area (Å²) >= 11 is 3.72. The highest BCUT2D eigenvalue weighted by molar-refractivity contribution is 7.87. The van der Waals surface area contributed by atoms with Crippen LogP contribution in [0.15, 0.2) is 0 Å². The van der Waals surface area contributed by atoms with E-state index < -0.39 is 26.8 Å². The molecule has 88 valence electrons. The Balaban J connectivity index is 2.76. The summed E-state index contributed by atoms with van der Waals surface area (Å²) in [5.74, 6) is -0.897. The van der Waals surface area contributed by atoms with Crippen molar-refractivity contribution in [2.45, 2.75) is 17.2 Å². The molecule has 1 saturated heterocycles. The fourth-order valence-corrected chi connectivity index (χ4v) is 1.59. The van der Waals surface area contributed by atoms with Crippen LogP contribution in [0.25, 0.3) is 0 Å². The lowest BCUT2D eigenvalue weighted by atomic mass is 10.4.